The molecule has 8 heteroatoms. The van der Waals surface area contributed by atoms with Gasteiger partial charge in [-0.1, -0.05) is 11.6 Å². The summed E-state index contributed by atoms with van der Waals surface area (Å²) < 4.78 is 10.7. The number of aromatic nitrogens is 2. The van der Waals surface area contributed by atoms with Crippen molar-refractivity contribution in [3.05, 3.63) is 39.5 Å². The van der Waals surface area contributed by atoms with E-state index >= 15 is 0 Å². The Hall–Kier alpha value is -1.93. The molecule has 0 amide bonds. The number of quaternary nitrogens is 1. The lowest BCUT2D eigenvalue weighted by molar-refractivity contribution is -0.922. The monoisotopic (exact) mass is 419 g/mol. The van der Waals surface area contributed by atoms with Crippen LogP contribution < -0.4 is 15.0 Å². The Balaban J connectivity index is 1.71. The summed E-state index contributed by atoms with van der Waals surface area (Å²) in [5.41, 5.74) is 2.09. The molecule has 2 aromatic heterocycles. The van der Waals surface area contributed by atoms with Crippen molar-refractivity contribution in [2.24, 2.45) is 0 Å². The molecule has 148 valence electrons. The van der Waals surface area contributed by atoms with Gasteiger partial charge in [0, 0.05) is 10.6 Å². The van der Waals surface area contributed by atoms with Crippen LogP contribution >= 0.6 is 22.9 Å². The lowest BCUT2D eigenvalue weighted by Crippen LogP contribution is -3.12. The van der Waals surface area contributed by atoms with Gasteiger partial charge in [-0.3, -0.25) is 0 Å². The van der Waals surface area contributed by atoms with Crippen LogP contribution in [-0.4, -0.2) is 43.4 Å². The van der Waals surface area contributed by atoms with E-state index in [0.29, 0.717) is 10.8 Å². The summed E-state index contributed by atoms with van der Waals surface area (Å²) >= 11 is 8.02. The molecule has 0 radical (unpaired) electrons. The molecule has 1 aliphatic rings. The van der Waals surface area contributed by atoms with Crippen molar-refractivity contribution in [3.8, 4) is 5.75 Å². The summed E-state index contributed by atoms with van der Waals surface area (Å²) in [6.07, 6.45) is 0. The maximum Gasteiger partial charge on any atom is 0.187 e. The fourth-order valence-corrected chi connectivity index (χ4v) is 4.71. The van der Waals surface area contributed by atoms with E-state index in [-0.39, 0.29) is 0 Å². The zero-order valence-corrected chi connectivity index (χ0v) is 17.8. The smallest absolute Gasteiger partial charge is 0.187 e. The van der Waals surface area contributed by atoms with Crippen molar-refractivity contribution in [3.63, 3.8) is 0 Å². The quantitative estimate of drug-likeness (QED) is 0.665. The maximum atomic E-state index is 6.30. The predicted molar refractivity (Wildman–Crippen MR) is 113 cm³/mol. The largest absolute Gasteiger partial charge is 0.495 e. The zero-order valence-electron chi connectivity index (χ0n) is 16.3. The van der Waals surface area contributed by atoms with E-state index in [0.717, 1.165) is 60.4 Å². The molecule has 3 heterocycles. The van der Waals surface area contributed by atoms with Crippen molar-refractivity contribution in [2.45, 2.75) is 20.4 Å². The molecule has 3 aromatic rings. The number of nitrogens with one attached hydrogen (secondary N) is 2. The SMILES string of the molecule is COc1ccc(Nc2nc(C[NH+]3CCOCC3)nc3sc(C)c(C)c23)cc1Cl. The maximum absolute atomic E-state index is 6.30. The van der Waals surface area contributed by atoms with Crippen molar-refractivity contribution in [1.82, 2.24) is 9.97 Å². The lowest BCUT2D eigenvalue weighted by Gasteiger charge is -2.23. The van der Waals surface area contributed by atoms with Gasteiger partial charge in [0.15, 0.2) is 5.82 Å². The van der Waals surface area contributed by atoms with Gasteiger partial charge < -0.3 is 19.7 Å². The Kier molecular flexibility index (Phi) is 5.68. The van der Waals surface area contributed by atoms with Gasteiger partial charge in [-0.25, -0.2) is 9.97 Å². The van der Waals surface area contributed by atoms with Crippen LogP contribution in [0.25, 0.3) is 10.2 Å². The first-order chi connectivity index (χ1) is 13.5. The Labute approximate surface area is 173 Å². The molecule has 6 nitrogen and oxygen atoms in total. The van der Waals surface area contributed by atoms with Crippen molar-refractivity contribution >= 4 is 44.7 Å². The molecular weight excluding hydrogens is 396 g/mol. The number of rotatable bonds is 5. The number of benzene rings is 1. The van der Waals surface area contributed by atoms with Gasteiger partial charge in [-0.05, 0) is 37.6 Å². The number of anilines is 2. The second-order valence-electron chi connectivity index (χ2n) is 6.97. The van der Waals surface area contributed by atoms with Crippen LogP contribution in [0.2, 0.25) is 5.02 Å². The standard InChI is InChI=1S/C20H23ClN4O2S/c1-12-13(2)28-20-18(12)19(22-14-4-5-16(26-3)15(21)10-14)23-17(24-20)11-25-6-8-27-9-7-25/h4-5,10H,6-9,11H2,1-3H3,(H,22,23,24)/p+1. The van der Waals surface area contributed by atoms with Crippen LogP contribution in [0.4, 0.5) is 11.5 Å². The molecular formula is C20H24ClN4O2S+. The van der Waals surface area contributed by atoms with Crippen molar-refractivity contribution in [1.29, 1.82) is 0 Å². The molecule has 2 N–H and O–H groups in total. The van der Waals surface area contributed by atoms with Gasteiger partial charge in [0.1, 0.15) is 36.0 Å². The predicted octanol–water partition coefficient (Wildman–Crippen LogP) is 3.13. The number of halogens is 1. The zero-order chi connectivity index (χ0) is 19.7. The Morgan fingerprint density at radius 2 is 2.04 bits per heavy atom. The third-order valence-electron chi connectivity index (χ3n) is 5.10. The normalized spacial score (nSPS) is 15.1. The number of aryl methyl sites for hydroxylation is 2. The van der Waals surface area contributed by atoms with Gasteiger partial charge >= 0.3 is 0 Å². The highest BCUT2D eigenvalue weighted by Gasteiger charge is 2.20. The van der Waals surface area contributed by atoms with Gasteiger partial charge in [0.2, 0.25) is 0 Å². The number of thiophene rings is 1. The fraction of sp³-hybridized carbons (Fsp3) is 0.400. The molecule has 0 atom stereocenters. The summed E-state index contributed by atoms with van der Waals surface area (Å²) in [4.78, 5) is 13.5. The van der Waals surface area contributed by atoms with Crippen LogP contribution in [0, 0.1) is 13.8 Å². The molecule has 0 spiro atoms. The molecule has 1 aromatic carbocycles. The Morgan fingerprint density at radius 1 is 1.25 bits per heavy atom. The van der Waals surface area contributed by atoms with E-state index in [9.17, 15) is 0 Å². The summed E-state index contributed by atoms with van der Waals surface area (Å²) in [5, 5.41) is 5.10. The molecule has 0 saturated carbocycles. The molecule has 1 aliphatic heterocycles. The molecule has 1 fully saturated rings. The van der Waals surface area contributed by atoms with Crippen molar-refractivity contribution < 1.29 is 14.4 Å². The Morgan fingerprint density at radius 3 is 2.75 bits per heavy atom. The van der Waals surface area contributed by atoms with E-state index in [4.69, 9.17) is 31.0 Å². The average Bonchev–Trinajstić information content (AvgIpc) is 2.97. The summed E-state index contributed by atoms with van der Waals surface area (Å²) in [7, 11) is 1.61. The fourth-order valence-electron chi connectivity index (χ4n) is 3.40. The van der Waals surface area contributed by atoms with E-state index in [1.165, 1.54) is 15.3 Å². The van der Waals surface area contributed by atoms with Crippen LogP contribution in [0.3, 0.4) is 0 Å². The molecule has 0 aliphatic carbocycles. The van der Waals surface area contributed by atoms with Crippen LogP contribution in [-0.2, 0) is 11.3 Å². The number of hydrogen-bond acceptors (Lipinski definition) is 6. The van der Waals surface area contributed by atoms with Gasteiger partial charge in [-0.15, -0.1) is 11.3 Å². The lowest BCUT2D eigenvalue weighted by atomic mass is 10.2. The van der Waals surface area contributed by atoms with Gasteiger partial charge in [-0.2, -0.15) is 0 Å². The van der Waals surface area contributed by atoms with Gasteiger partial charge in [0.05, 0.1) is 30.7 Å². The van der Waals surface area contributed by atoms with E-state index < -0.39 is 0 Å². The highest BCUT2D eigenvalue weighted by atomic mass is 35.5. The number of fused-ring (bicyclic) bond motifs is 1. The first kappa shape index (κ1) is 19.4. The minimum absolute atomic E-state index is 0.564. The summed E-state index contributed by atoms with van der Waals surface area (Å²) in [5.74, 6) is 2.34. The van der Waals surface area contributed by atoms with E-state index in [2.05, 4.69) is 19.2 Å². The molecule has 28 heavy (non-hydrogen) atoms. The summed E-state index contributed by atoms with van der Waals surface area (Å²) in [6, 6.07) is 5.66. The van der Waals surface area contributed by atoms with E-state index in [1.807, 2.05) is 18.2 Å². The third kappa shape index (κ3) is 3.93. The van der Waals surface area contributed by atoms with E-state index in [1.54, 1.807) is 18.4 Å². The highest BCUT2D eigenvalue weighted by molar-refractivity contribution is 7.18. The number of ether oxygens (including phenoxy) is 2. The average molecular weight is 420 g/mol. The molecule has 4 rings (SSSR count). The minimum Gasteiger partial charge on any atom is -0.495 e. The highest BCUT2D eigenvalue weighted by Crippen LogP contribution is 2.35. The molecule has 1 saturated heterocycles. The number of hydrogen-bond donors (Lipinski definition) is 2. The number of nitrogens with zero attached hydrogens (tertiary/aromatic N) is 2. The van der Waals surface area contributed by atoms with Crippen LogP contribution in [0.15, 0.2) is 18.2 Å². The number of morpholine rings is 1. The second-order valence-corrected chi connectivity index (χ2v) is 8.58. The first-order valence-electron chi connectivity index (χ1n) is 9.33. The molecule has 0 unspecified atom stereocenters. The van der Waals surface area contributed by atoms with Gasteiger partial charge in [0.25, 0.3) is 0 Å². The topological polar surface area (TPSA) is 60.7 Å². The molecule has 0 bridgehead atoms. The first-order valence-corrected chi connectivity index (χ1v) is 10.5. The van der Waals surface area contributed by atoms with Crippen LogP contribution in [0.5, 0.6) is 5.75 Å². The minimum atomic E-state index is 0.564. The summed E-state index contributed by atoms with van der Waals surface area (Å²) in [6.45, 7) is 8.61. The Bertz CT molecular complexity index is 1000. The second kappa shape index (κ2) is 8.21. The number of methoxy groups -OCH3 is 1. The van der Waals surface area contributed by atoms with Crippen LogP contribution in [0.1, 0.15) is 16.3 Å². The third-order valence-corrected chi connectivity index (χ3v) is 6.49. The van der Waals surface area contributed by atoms with Crippen molar-refractivity contribution in [2.75, 3.05) is 38.7 Å².